The van der Waals surface area contributed by atoms with Crippen molar-refractivity contribution in [3.05, 3.63) is 82.1 Å². The number of nitrogens with one attached hydrogen (secondary N) is 1. The van der Waals surface area contributed by atoms with E-state index >= 15 is 4.39 Å². The van der Waals surface area contributed by atoms with Crippen molar-refractivity contribution < 1.29 is 8.78 Å². The molecule has 0 aliphatic heterocycles. The van der Waals surface area contributed by atoms with Crippen molar-refractivity contribution in [3.63, 3.8) is 0 Å². The fourth-order valence-corrected chi connectivity index (χ4v) is 4.42. The number of hydrogen-bond donors (Lipinski definition) is 1. The molecule has 0 spiro atoms. The summed E-state index contributed by atoms with van der Waals surface area (Å²) >= 11 is 6.56. The number of hydrogen-bond acceptors (Lipinski definition) is 4. The Morgan fingerprint density at radius 1 is 1.09 bits per heavy atom. The molecule has 33 heavy (non-hydrogen) atoms. The number of nitrogens with zero attached hydrogens (tertiary/aromatic N) is 3. The number of halogens is 3. The van der Waals surface area contributed by atoms with Crippen molar-refractivity contribution in [2.75, 3.05) is 18.6 Å². The van der Waals surface area contributed by atoms with Crippen molar-refractivity contribution in [2.45, 2.75) is 13.5 Å². The maximum Gasteiger partial charge on any atom is 0.133 e. The number of rotatable bonds is 5. The molecule has 2 aromatic heterocycles. The number of aryl methyl sites for hydroxylation is 1. The Hall–Kier alpha value is -3.13. The number of aromatic nitrogens is 2. The lowest BCUT2D eigenvalue weighted by molar-refractivity contribution is 0.613. The van der Waals surface area contributed by atoms with Gasteiger partial charge in [0.25, 0.3) is 0 Å². The van der Waals surface area contributed by atoms with Crippen LogP contribution in [-0.4, -0.2) is 23.3 Å². The van der Waals surface area contributed by atoms with Gasteiger partial charge in [0.05, 0.1) is 39.0 Å². The number of fused-ring (bicyclic) bond motifs is 1. The SMILES string of the molecule is Cc1nc2cc(F)c(-c3ccc(P(C)C)nc3)cc2c(NCc2cc(C#N)ccc2F)c1Cl. The number of benzene rings is 2. The third-order valence-corrected chi connectivity index (χ3v) is 6.97. The molecule has 4 aromatic rings. The van der Waals surface area contributed by atoms with E-state index in [-0.39, 0.29) is 14.5 Å². The van der Waals surface area contributed by atoms with Gasteiger partial charge in [-0.3, -0.25) is 9.97 Å². The second-order valence-electron chi connectivity index (χ2n) is 7.81. The molecular weight excluding hydrogens is 461 g/mol. The Bertz CT molecular complexity index is 1400. The third-order valence-electron chi connectivity index (χ3n) is 5.33. The molecule has 0 aliphatic rings. The molecule has 0 aliphatic carbocycles. The Morgan fingerprint density at radius 3 is 2.55 bits per heavy atom. The van der Waals surface area contributed by atoms with Crippen molar-refractivity contribution in [1.82, 2.24) is 9.97 Å². The quantitative estimate of drug-likeness (QED) is 0.336. The standard InChI is InChI=1S/C25H20ClF2N4P/c1-14-24(26)25(31-13-17-8-15(11-29)4-6-20(17)27)19-9-18(21(28)10-22(19)32-14)16-5-7-23(30-12-16)33(2)3/h4-10,12H,13H2,1-3H3,(H,31,32). The molecule has 0 atom stereocenters. The van der Waals surface area contributed by atoms with Gasteiger partial charge in [0.1, 0.15) is 11.6 Å². The highest BCUT2D eigenvalue weighted by Gasteiger charge is 2.16. The summed E-state index contributed by atoms with van der Waals surface area (Å²) in [5, 5.41) is 13.3. The topological polar surface area (TPSA) is 61.6 Å². The first-order valence-corrected chi connectivity index (χ1v) is 12.8. The van der Waals surface area contributed by atoms with Gasteiger partial charge in [0.15, 0.2) is 0 Å². The van der Waals surface area contributed by atoms with Gasteiger partial charge in [-0.05, 0) is 50.6 Å². The molecule has 166 valence electrons. The Morgan fingerprint density at radius 2 is 1.88 bits per heavy atom. The Kier molecular flexibility index (Phi) is 6.56. The number of anilines is 1. The van der Waals surface area contributed by atoms with Crippen molar-refractivity contribution >= 4 is 41.5 Å². The molecule has 0 radical (unpaired) electrons. The monoisotopic (exact) mass is 480 g/mol. The number of nitriles is 1. The predicted molar refractivity (Wildman–Crippen MR) is 132 cm³/mol. The smallest absolute Gasteiger partial charge is 0.133 e. The average molecular weight is 481 g/mol. The highest BCUT2D eigenvalue weighted by molar-refractivity contribution is 7.63. The van der Waals surface area contributed by atoms with Crippen LogP contribution in [0.5, 0.6) is 0 Å². The second-order valence-corrected chi connectivity index (χ2v) is 10.4. The molecule has 2 aromatic carbocycles. The molecule has 0 amide bonds. The summed E-state index contributed by atoms with van der Waals surface area (Å²) in [5.41, 5.74) is 4.17. The lowest BCUT2D eigenvalue weighted by Gasteiger charge is -2.16. The third kappa shape index (κ3) is 4.66. The predicted octanol–water partition coefficient (Wildman–Crippen LogP) is 6.39. The van der Waals surface area contributed by atoms with E-state index in [1.165, 1.54) is 24.3 Å². The van der Waals surface area contributed by atoms with Crippen LogP contribution in [0.4, 0.5) is 14.5 Å². The van der Waals surface area contributed by atoms with Crippen molar-refractivity contribution in [3.8, 4) is 17.2 Å². The van der Waals surface area contributed by atoms with E-state index in [4.69, 9.17) is 16.9 Å². The summed E-state index contributed by atoms with van der Waals surface area (Å²) < 4.78 is 29.3. The minimum atomic E-state index is -0.433. The van der Waals surface area contributed by atoms with Crippen molar-refractivity contribution in [2.24, 2.45) is 0 Å². The molecule has 4 nitrogen and oxygen atoms in total. The van der Waals surface area contributed by atoms with Crippen LogP contribution >= 0.6 is 19.5 Å². The van der Waals surface area contributed by atoms with E-state index in [0.29, 0.717) is 49.6 Å². The van der Waals surface area contributed by atoms with Crippen LogP contribution in [0.3, 0.4) is 0 Å². The van der Waals surface area contributed by atoms with Crippen molar-refractivity contribution in [1.29, 1.82) is 5.26 Å². The highest BCUT2D eigenvalue weighted by Crippen LogP contribution is 2.36. The van der Waals surface area contributed by atoms with E-state index in [2.05, 4.69) is 28.6 Å². The van der Waals surface area contributed by atoms with E-state index in [1.54, 1.807) is 19.2 Å². The van der Waals surface area contributed by atoms with E-state index in [0.717, 1.165) is 5.44 Å². The fourth-order valence-electron chi connectivity index (χ4n) is 3.55. The van der Waals surface area contributed by atoms with E-state index in [1.807, 2.05) is 18.2 Å². The molecule has 2 heterocycles. The van der Waals surface area contributed by atoms with Gasteiger partial charge in [-0.2, -0.15) is 5.26 Å². The largest absolute Gasteiger partial charge is 0.379 e. The molecule has 1 N–H and O–H groups in total. The van der Waals surface area contributed by atoms with E-state index in [9.17, 15) is 4.39 Å². The van der Waals surface area contributed by atoms with Gasteiger partial charge in [0.2, 0.25) is 0 Å². The zero-order valence-corrected chi connectivity index (χ0v) is 19.9. The van der Waals surface area contributed by atoms with Crippen LogP contribution in [0, 0.1) is 29.9 Å². The molecule has 0 saturated carbocycles. The second kappa shape index (κ2) is 9.39. The van der Waals surface area contributed by atoms with Gasteiger partial charge < -0.3 is 5.32 Å². The molecule has 0 bridgehead atoms. The fraction of sp³-hybridized carbons (Fsp3) is 0.160. The molecule has 0 unspecified atom stereocenters. The van der Waals surface area contributed by atoms with Crippen LogP contribution in [0.2, 0.25) is 5.02 Å². The van der Waals surface area contributed by atoms with Crippen LogP contribution in [0.25, 0.3) is 22.0 Å². The van der Waals surface area contributed by atoms with Gasteiger partial charge in [-0.15, -0.1) is 0 Å². The maximum atomic E-state index is 15.0. The van der Waals surface area contributed by atoms with Gasteiger partial charge in [-0.25, -0.2) is 8.78 Å². The first kappa shape index (κ1) is 23.0. The lowest BCUT2D eigenvalue weighted by atomic mass is 10.0. The van der Waals surface area contributed by atoms with Gasteiger partial charge >= 0.3 is 0 Å². The summed E-state index contributed by atoms with van der Waals surface area (Å²) in [6.07, 6.45) is 1.67. The minimum Gasteiger partial charge on any atom is -0.379 e. The minimum absolute atomic E-state index is 0.0964. The molecule has 0 saturated heterocycles. The maximum absolute atomic E-state index is 15.0. The summed E-state index contributed by atoms with van der Waals surface area (Å²) in [4.78, 5) is 8.90. The number of pyridine rings is 2. The van der Waals surface area contributed by atoms with Crippen LogP contribution in [-0.2, 0) is 6.54 Å². The normalized spacial score (nSPS) is 11.1. The van der Waals surface area contributed by atoms with Crippen LogP contribution < -0.4 is 10.8 Å². The zero-order chi connectivity index (χ0) is 23.7. The highest BCUT2D eigenvalue weighted by atomic mass is 35.5. The Labute approximate surface area is 197 Å². The zero-order valence-electron chi connectivity index (χ0n) is 18.2. The summed E-state index contributed by atoms with van der Waals surface area (Å²) in [6.45, 7) is 6.04. The summed E-state index contributed by atoms with van der Waals surface area (Å²) in [7, 11) is -0.353. The first-order valence-electron chi connectivity index (χ1n) is 10.1. The summed E-state index contributed by atoms with van der Waals surface area (Å²) in [5.74, 6) is -0.849. The Balaban J connectivity index is 1.79. The molecule has 4 rings (SSSR count). The molecule has 8 heteroatoms. The average Bonchev–Trinajstić information content (AvgIpc) is 2.80. The molecular formula is C25H20ClF2N4P. The van der Waals surface area contributed by atoms with E-state index < -0.39 is 11.6 Å². The van der Waals surface area contributed by atoms with Gasteiger partial charge in [-0.1, -0.05) is 25.6 Å². The van der Waals surface area contributed by atoms with Crippen LogP contribution in [0.15, 0.2) is 48.7 Å². The van der Waals surface area contributed by atoms with Crippen LogP contribution in [0.1, 0.15) is 16.8 Å². The lowest BCUT2D eigenvalue weighted by Crippen LogP contribution is -2.06. The van der Waals surface area contributed by atoms with Gasteiger partial charge in [0, 0.05) is 40.9 Å². The first-order chi connectivity index (χ1) is 15.8. The molecule has 0 fully saturated rings. The summed E-state index contributed by atoms with van der Waals surface area (Å²) in [6, 6.07) is 13.0.